The van der Waals surface area contributed by atoms with Crippen molar-refractivity contribution < 1.29 is 19.1 Å². The van der Waals surface area contributed by atoms with E-state index in [1.54, 1.807) is 0 Å². The van der Waals surface area contributed by atoms with Gasteiger partial charge in [0.1, 0.15) is 12.3 Å². The van der Waals surface area contributed by atoms with E-state index < -0.39 is 17.9 Å². The summed E-state index contributed by atoms with van der Waals surface area (Å²) >= 11 is 3.09. The number of carbonyl (C=O) groups is 2. The second kappa shape index (κ2) is 6.23. The second-order valence-corrected chi connectivity index (χ2v) is 6.38. The summed E-state index contributed by atoms with van der Waals surface area (Å²) in [4.78, 5) is 23.0. The van der Waals surface area contributed by atoms with Crippen LogP contribution in [-0.4, -0.2) is 23.0 Å². The van der Waals surface area contributed by atoms with Crippen molar-refractivity contribution in [2.75, 3.05) is 0 Å². The van der Waals surface area contributed by atoms with E-state index in [4.69, 9.17) is 9.52 Å². The summed E-state index contributed by atoms with van der Waals surface area (Å²) in [7, 11) is 0. The van der Waals surface area contributed by atoms with E-state index in [-0.39, 0.29) is 5.41 Å². The number of aliphatic carboxylic acids is 1. The molecule has 1 atom stereocenters. The molecule has 1 amide bonds. The lowest BCUT2D eigenvalue weighted by Gasteiger charge is -2.21. The number of rotatable bonds is 5. The molecule has 106 valence electrons. The van der Waals surface area contributed by atoms with Crippen LogP contribution in [0.5, 0.6) is 0 Å². The minimum atomic E-state index is -1.03. The molecule has 0 saturated carbocycles. The van der Waals surface area contributed by atoms with Gasteiger partial charge in [-0.25, -0.2) is 4.79 Å². The van der Waals surface area contributed by atoms with E-state index in [0.717, 1.165) is 0 Å². The van der Waals surface area contributed by atoms with Crippen molar-refractivity contribution in [2.24, 2.45) is 5.41 Å². The quantitative estimate of drug-likeness (QED) is 0.868. The molecule has 0 aliphatic rings. The molecule has 1 unspecified atom stereocenters. The van der Waals surface area contributed by atoms with Crippen molar-refractivity contribution in [2.45, 2.75) is 39.7 Å². The SMILES string of the molecule is CC(C)(C)CCC(NC(=O)c1coc(Br)c1)C(=O)O. The highest BCUT2D eigenvalue weighted by Gasteiger charge is 2.23. The van der Waals surface area contributed by atoms with Crippen molar-refractivity contribution in [1.82, 2.24) is 5.32 Å². The minimum Gasteiger partial charge on any atom is -0.480 e. The molecule has 0 aliphatic heterocycles. The topological polar surface area (TPSA) is 79.5 Å². The Hall–Kier alpha value is -1.30. The smallest absolute Gasteiger partial charge is 0.326 e. The lowest BCUT2D eigenvalue weighted by Crippen LogP contribution is -2.41. The monoisotopic (exact) mass is 331 g/mol. The number of halogens is 1. The van der Waals surface area contributed by atoms with Crippen molar-refractivity contribution >= 4 is 27.8 Å². The summed E-state index contributed by atoms with van der Waals surface area (Å²) in [6.07, 6.45) is 2.38. The zero-order valence-electron chi connectivity index (χ0n) is 11.2. The van der Waals surface area contributed by atoms with Crippen molar-refractivity contribution in [3.63, 3.8) is 0 Å². The van der Waals surface area contributed by atoms with Gasteiger partial charge in [0.2, 0.25) is 0 Å². The lowest BCUT2D eigenvalue weighted by molar-refractivity contribution is -0.139. The van der Waals surface area contributed by atoms with Gasteiger partial charge in [0, 0.05) is 6.07 Å². The van der Waals surface area contributed by atoms with Crippen LogP contribution >= 0.6 is 15.9 Å². The molecule has 1 rings (SSSR count). The average Bonchev–Trinajstić information content (AvgIpc) is 2.69. The number of amides is 1. The first-order valence-corrected chi connectivity index (χ1v) is 6.76. The molecular weight excluding hydrogens is 314 g/mol. The first kappa shape index (κ1) is 15.8. The van der Waals surface area contributed by atoms with E-state index >= 15 is 0 Å². The second-order valence-electron chi connectivity index (χ2n) is 5.60. The zero-order valence-corrected chi connectivity index (χ0v) is 12.8. The highest BCUT2D eigenvalue weighted by Crippen LogP contribution is 2.22. The Morgan fingerprint density at radius 2 is 2.11 bits per heavy atom. The predicted octanol–water partition coefficient (Wildman–Crippen LogP) is 3.05. The van der Waals surface area contributed by atoms with Crippen molar-refractivity contribution in [1.29, 1.82) is 0 Å². The molecule has 6 heteroatoms. The summed E-state index contributed by atoms with van der Waals surface area (Å²) in [5, 5.41) is 11.6. The Morgan fingerprint density at radius 1 is 1.47 bits per heavy atom. The largest absolute Gasteiger partial charge is 0.480 e. The molecule has 5 nitrogen and oxygen atoms in total. The Balaban J connectivity index is 2.63. The van der Waals surface area contributed by atoms with Crippen molar-refractivity contribution in [3.05, 3.63) is 22.6 Å². The molecule has 19 heavy (non-hydrogen) atoms. The van der Waals surface area contributed by atoms with Gasteiger partial charge in [-0.15, -0.1) is 0 Å². The molecule has 1 aromatic rings. The van der Waals surface area contributed by atoms with E-state index in [1.165, 1.54) is 12.3 Å². The third kappa shape index (κ3) is 5.46. The lowest BCUT2D eigenvalue weighted by atomic mass is 9.88. The minimum absolute atomic E-state index is 0.0249. The fraction of sp³-hybridized carbons (Fsp3) is 0.538. The summed E-state index contributed by atoms with van der Waals surface area (Å²) in [6.45, 7) is 6.09. The molecule has 0 radical (unpaired) electrons. The van der Waals surface area contributed by atoms with Gasteiger partial charge in [-0.2, -0.15) is 0 Å². The molecule has 1 heterocycles. The van der Waals surface area contributed by atoms with E-state index in [2.05, 4.69) is 21.2 Å². The summed E-state index contributed by atoms with van der Waals surface area (Å²) < 4.78 is 5.38. The van der Waals surface area contributed by atoms with E-state index in [9.17, 15) is 9.59 Å². The van der Waals surface area contributed by atoms with Crippen LogP contribution in [0.3, 0.4) is 0 Å². The number of nitrogens with one attached hydrogen (secondary N) is 1. The molecule has 0 spiro atoms. The number of carbonyl (C=O) groups excluding carboxylic acids is 1. The van der Waals surface area contributed by atoms with Crippen LogP contribution in [0.4, 0.5) is 0 Å². The van der Waals surface area contributed by atoms with Gasteiger partial charge >= 0.3 is 5.97 Å². The van der Waals surface area contributed by atoms with Crippen LogP contribution in [0.1, 0.15) is 44.0 Å². The maximum absolute atomic E-state index is 11.8. The van der Waals surface area contributed by atoms with Crippen LogP contribution in [0.25, 0.3) is 0 Å². The fourth-order valence-corrected chi connectivity index (χ4v) is 1.85. The summed E-state index contributed by atoms with van der Waals surface area (Å²) in [6, 6.07) is 0.609. The van der Waals surface area contributed by atoms with Gasteiger partial charge < -0.3 is 14.8 Å². The number of hydrogen-bond acceptors (Lipinski definition) is 3. The normalized spacial score (nSPS) is 13.1. The van der Waals surface area contributed by atoms with Crippen LogP contribution in [-0.2, 0) is 4.79 Å². The first-order valence-electron chi connectivity index (χ1n) is 5.97. The Labute approximate surface area is 120 Å². The van der Waals surface area contributed by atoms with Gasteiger partial charge in [-0.1, -0.05) is 20.8 Å². The van der Waals surface area contributed by atoms with Gasteiger partial charge in [0.25, 0.3) is 5.91 Å². The number of furan rings is 1. The molecule has 0 aromatic carbocycles. The molecule has 0 aliphatic carbocycles. The molecule has 0 fully saturated rings. The highest BCUT2D eigenvalue weighted by atomic mass is 79.9. The predicted molar refractivity (Wildman–Crippen MR) is 74.0 cm³/mol. The highest BCUT2D eigenvalue weighted by molar-refractivity contribution is 9.10. The van der Waals surface area contributed by atoms with Crippen LogP contribution in [0, 0.1) is 5.41 Å². The number of hydrogen-bond donors (Lipinski definition) is 2. The van der Waals surface area contributed by atoms with Crippen molar-refractivity contribution in [3.8, 4) is 0 Å². The third-order valence-electron chi connectivity index (χ3n) is 2.62. The van der Waals surface area contributed by atoms with E-state index in [0.29, 0.717) is 23.1 Å². The Kier molecular flexibility index (Phi) is 5.17. The van der Waals surface area contributed by atoms with Crippen LogP contribution in [0.15, 0.2) is 21.4 Å². The molecular formula is C13H18BrNO4. The zero-order chi connectivity index (χ0) is 14.6. The molecule has 1 aromatic heterocycles. The fourth-order valence-electron chi connectivity index (χ4n) is 1.51. The maximum Gasteiger partial charge on any atom is 0.326 e. The Bertz CT molecular complexity index is 461. The first-order chi connectivity index (χ1) is 8.69. The third-order valence-corrected chi connectivity index (χ3v) is 3.03. The number of carboxylic acids is 1. The molecule has 2 N–H and O–H groups in total. The van der Waals surface area contributed by atoms with E-state index in [1.807, 2.05) is 20.8 Å². The van der Waals surface area contributed by atoms with Crippen LogP contribution < -0.4 is 5.32 Å². The van der Waals surface area contributed by atoms with Gasteiger partial charge in [-0.3, -0.25) is 4.79 Å². The number of carboxylic acid groups (broad SMARTS) is 1. The van der Waals surface area contributed by atoms with Gasteiger partial charge in [-0.05, 0) is 34.2 Å². The van der Waals surface area contributed by atoms with Crippen LogP contribution in [0.2, 0.25) is 0 Å². The standard InChI is InChI=1S/C13H18BrNO4/c1-13(2,3)5-4-9(12(17)18)15-11(16)8-6-10(14)19-7-8/h6-7,9H,4-5H2,1-3H3,(H,15,16)(H,17,18). The molecule has 0 saturated heterocycles. The average molecular weight is 332 g/mol. The summed E-state index contributed by atoms with van der Waals surface area (Å²) in [5.41, 5.74) is 0.325. The maximum atomic E-state index is 11.8. The Morgan fingerprint density at radius 3 is 2.53 bits per heavy atom. The van der Waals surface area contributed by atoms with Gasteiger partial charge in [0.05, 0.1) is 5.56 Å². The summed E-state index contributed by atoms with van der Waals surface area (Å²) in [5.74, 6) is -1.48. The van der Waals surface area contributed by atoms with Gasteiger partial charge in [0.15, 0.2) is 4.67 Å². The molecule has 0 bridgehead atoms.